The van der Waals surface area contributed by atoms with Gasteiger partial charge in [-0.3, -0.25) is 0 Å². The van der Waals surface area contributed by atoms with E-state index < -0.39 is 12.1 Å². The van der Waals surface area contributed by atoms with Gasteiger partial charge in [0, 0.05) is 6.04 Å². The molecule has 2 atom stereocenters. The zero-order chi connectivity index (χ0) is 15.2. The van der Waals surface area contributed by atoms with Gasteiger partial charge in [0.2, 0.25) is 0 Å². The van der Waals surface area contributed by atoms with Crippen molar-refractivity contribution in [1.82, 2.24) is 5.32 Å². The molecule has 0 spiro atoms. The van der Waals surface area contributed by atoms with Gasteiger partial charge in [0.05, 0.1) is 0 Å². The molecule has 0 saturated heterocycles. The summed E-state index contributed by atoms with van der Waals surface area (Å²) in [6, 6.07) is 15.9. The van der Waals surface area contributed by atoms with E-state index in [0.29, 0.717) is 0 Å². The van der Waals surface area contributed by atoms with E-state index in [1.807, 2.05) is 44.3 Å². The predicted molar refractivity (Wildman–Crippen MR) is 81.2 cm³/mol. The van der Waals surface area contributed by atoms with E-state index in [1.165, 1.54) is 6.07 Å². The largest absolute Gasteiger partial charge is 0.507 e. The van der Waals surface area contributed by atoms with Crippen LogP contribution in [0.2, 0.25) is 0 Å². The smallest absolute Gasteiger partial charge is 0.342 e. The number of carbonyl (C=O) groups is 1. The topological polar surface area (TPSA) is 58.6 Å². The SMILES string of the molecule is CN[C@H](C)[C@@H](OC(=O)c1ccccc1O)c1ccccc1. The zero-order valence-electron chi connectivity index (χ0n) is 12.1. The molecule has 0 fully saturated rings. The van der Waals surface area contributed by atoms with Gasteiger partial charge in [0.1, 0.15) is 17.4 Å². The molecule has 0 heterocycles. The van der Waals surface area contributed by atoms with Gasteiger partial charge < -0.3 is 15.2 Å². The minimum atomic E-state index is -0.538. The maximum atomic E-state index is 12.3. The lowest BCUT2D eigenvalue weighted by Gasteiger charge is -2.24. The molecule has 2 aromatic rings. The normalized spacial score (nSPS) is 13.4. The van der Waals surface area contributed by atoms with Gasteiger partial charge in [-0.1, -0.05) is 42.5 Å². The van der Waals surface area contributed by atoms with Gasteiger partial charge >= 0.3 is 5.97 Å². The number of benzene rings is 2. The fourth-order valence-electron chi connectivity index (χ4n) is 2.08. The van der Waals surface area contributed by atoms with E-state index in [0.717, 1.165) is 5.56 Å². The number of hydrogen-bond acceptors (Lipinski definition) is 4. The lowest BCUT2D eigenvalue weighted by atomic mass is 10.0. The number of hydrogen-bond donors (Lipinski definition) is 2. The number of likely N-dealkylation sites (N-methyl/N-ethyl adjacent to an activating group) is 1. The molecule has 0 unspecified atom stereocenters. The Morgan fingerprint density at radius 3 is 2.33 bits per heavy atom. The van der Waals surface area contributed by atoms with Crippen LogP contribution in [0.1, 0.15) is 28.9 Å². The average molecular weight is 285 g/mol. The minimum Gasteiger partial charge on any atom is -0.507 e. The first-order valence-corrected chi connectivity index (χ1v) is 6.84. The molecule has 2 aromatic carbocycles. The van der Waals surface area contributed by atoms with E-state index in [1.54, 1.807) is 18.2 Å². The van der Waals surface area contributed by atoms with Gasteiger partial charge in [-0.05, 0) is 31.7 Å². The first-order chi connectivity index (χ1) is 10.1. The Bertz CT molecular complexity index is 598. The lowest BCUT2D eigenvalue weighted by Crippen LogP contribution is -2.32. The Balaban J connectivity index is 2.24. The van der Waals surface area contributed by atoms with Crippen molar-refractivity contribution >= 4 is 5.97 Å². The third-order valence-corrected chi connectivity index (χ3v) is 3.40. The summed E-state index contributed by atoms with van der Waals surface area (Å²) < 4.78 is 5.59. The van der Waals surface area contributed by atoms with Crippen LogP contribution in [0.3, 0.4) is 0 Å². The van der Waals surface area contributed by atoms with Crippen molar-refractivity contribution in [2.45, 2.75) is 19.1 Å². The highest BCUT2D eigenvalue weighted by Gasteiger charge is 2.24. The molecule has 0 bridgehead atoms. The lowest BCUT2D eigenvalue weighted by molar-refractivity contribution is 0.0216. The Labute approximate surface area is 124 Å². The van der Waals surface area contributed by atoms with Crippen LogP contribution in [-0.4, -0.2) is 24.2 Å². The van der Waals surface area contributed by atoms with Crippen LogP contribution in [0, 0.1) is 0 Å². The molecule has 21 heavy (non-hydrogen) atoms. The van der Waals surface area contributed by atoms with Crippen molar-refractivity contribution in [3.63, 3.8) is 0 Å². The van der Waals surface area contributed by atoms with E-state index in [2.05, 4.69) is 5.32 Å². The van der Waals surface area contributed by atoms with Crippen LogP contribution in [0.15, 0.2) is 54.6 Å². The van der Waals surface area contributed by atoms with Crippen molar-refractivity contribution in [1.29, 1.82) is 0 Å². The second-order valence-electron chi connectivity index (χ2n) is 4.83. The fourth-order valence-corrected chi connectivity index (χ4v) is 2.08. The maximum absolute atomic E-state index is 12.3. The van der Waals surface area contributed by atoms with Gasteiger partial charge in [0.25, 0.3) is 0 Å². The first kappa shape index (κ1) is 15.1. The molecule has 2 rings (SSSR count). The Hall–Kier alpha value is -2.33. The summed E-state index contributed by atoms with van der Waals surface area (Å²) in [6.45, 7) is 1.94. The van der Waals surface area contributed by atoms with Crippen LogP contribution < -0.4 is 5.32 Å². The molecule has 0 aliphatic carbocycles. The van der Waals surface area contributed by atoms with Crippen LogP contribution in [0.5, 0.6) is 5.75 Å². The Kier molecular flexibility index (Phi) is 4.95. The van der Waals surface area contributed by atoms with Crippen LogP contribution in [-0.2, 0) is 4.74 Å². The van der Waals surface area contributed by atoms with Crippen molar-refractivity contribution in [3.8, 4) is 5.75 Å². The molecule has 2 N–H and O–H groups in total. The third-order valence-electron chi connectivity index (χ3n) is 3.40. The van der Waals surface area contributed by atoms with Crippen molar-refractivity contribution < 1.29 is 14.6 Å². The molecule has 0 aliphatic rings. The van der Waals surface area contributed by atoms with Gasteiger partial charge in [0.15, 0.2) is 0 Å². The summed E-state index contributed by atoms with van der Waals surface area (Å²) in [5.41, 5.74) is 1.07. The zero-order valence-corrected chi connectivity index (χ0v) is 12.1. The number of para-hydroxylation sites is 1. The standard InChI is InChI=1S/C17H19NO3/c1-12(18-2)16(13-8-4-3-5-9-13)21-17(20)14-10-6-7-11-15(14)19/h3-12,16,18-19H,1-2H3/t12-,16-/m1/s1. The Morgan fingerprint density at radius 2 is 1.71 bits per heavy atom. The van der Waals surface area contributed by atoms with E-state index >= 15 is 0 Å². The van der Waals surface area contributed by atoms with E-state index in [4.69, 9.17) is 4.74 Å². The summed E-state index contributed by atoms with van der Waals surface area (Å²) in [6.07, 6.45) is -0.427. The molecule has 4 nitrogen and oxygen atoms in total. The molecule has 0 saturated carbocycles. The van der Waals surface area contributed by atoms with Crippen molar-refractivity contribution in [2.75, 3.05) is 7.05 Å². The Morgan fingerprint density at radius 1 is 1.10 bits per heavy atom. The van der Waals surface area contributed by atoms with Crippen LogP contribution >= 0.6 is 0 Å². The average Bonchev–Trinajstić information content (AvgIpc) is 2.53. The third kappa shape index (κ3) is 3.61. The number of carbonyl (C=O) groups excluding carboxylic acids is 1. The highest BCUT2D eigenvalue weighted by Crippen LogP contribution is 2.25. The highest BCUT2D eigenvalue weighted by atomic mass is 16.5. The molecule has 4 heteroatoms. The summed E-state index contributed by atoms with van der Waals surface area (Å²) in [7, 11) is 1.81. The monoisotopic (exact) mass is 285 g/mol. The molecule has 0 aliphatic heterocycles. The quantitative estimate of drug-likeness (QED) is 0.829. The number of nitrogens with one attached hydrogen (secondary N) is 1. The number of esters is 1. The maximum Gasteiger partial charge on any atom is 0.342 e. The van der Waals surface area contributed by atoms with Crippen molar-refractivity contribution in [3.05, 3.63) is 65.7 Å². The second kappa shape index (κ2) is 6.90. The van der Waals surface area contributed by atoms with E-state index in [-0.39, 0.29) is 17.4 Å². The molecule has 110 valence electrons. The van der Waals surface area contributed by atoms with Gasteiger partial charge in [-0.15, -0.1) is 0 Å². The number of phenols is 1. The predicted octanol–water partition coefficient (Wildman–Crippen LogP) is 2.90. The number of phenolic OH excluding ortho intramolecular Hbond substituents is 1. The molecular weight excluding hydrogens is 266 g/mol. The summed E-state index contributed by atoms with van der Waals surface area (Å²) in [4.78, 5) is 12.3. The molecule has 0 radical (unpaired) electrons. The van der Waals surface area contributed by atoms with Gasteiger partial charge in [-0.2, -0.15) is 0 Å². The van der Waals surface area contributed by atoms with E-state index in [9.17, 15) is 9.90 Å². The first-order valence-electron chi connectivity index (χ1n) is 6.84. The number of ether oxygens (including phenoxy) is 1. The van der Waals surface area contributed by atoms with Gasteiger partial charge in [-0.25, -0.2) is 4.79 Å². The number of rotatable bonds is 5. The number of aromatic hydroxyl groups is 1. The second-order valence-corrected chi connectivity index (χ2v) is 4.83. The molecule has 0 amide bonds. The van der Waals surface area contributed by atoms with Crippen LogP contribution in [0.4, 0.5) is 0 Å². The molecule has 0 aromatic heterocycles. The highest BCUT2D eigenvalue weighted by molar-refractivity contribution is 5.92. The fraction of sp³-hybridized carbons (Fsp3) is 0.235. The molecular formula is C17H19NO3. The van der Waals surface area contributed by atoms with Crippen molar-refractivity contribution in [2.24, 2.45) is 0 Å². The summed E-state index contributed by atoms with van der Waals surface area (Å²) in [5, 5.41) is 12.8. The minimum absolute atomic E-state index is 0.0535. The summed E-state index contributed by atoms with van der Waals surface area (Å²) >= 11 is 0. The summed E-state index contributed by atoms with van der Waals surface area (Å²) in [5.74, 6) is -0.615. The van der Waals surface area contributed by atoms with Crippen LogP contribution in [0.25, 0.3) is 0 Å².